The van der Waals surface area contributed by atoms with E-state index >= 15 is 0 Å². The van der Waals surface area contributed by atoms with Gasteiger partial charge in [-0.05, 0) is 17.7 Å². The zero-order valence-electron chi connectivity index (χ0n) is 13.1. The third-order valence-electron chi connectivity index (χ3n) is 3.48. The fraction of sp³-hybridized carbons (Fsp3) is 0.0556. The summed E-state index contributed by atoms with van der Waals surface area (Å²) in [5.41, 5.74) is 4.24. The Hall–Kier alpha value is -2.90. The number of carbonyl (C=O) groups is 1. The zero-order chi connectivity index (χ0) is 17.6. The van der Waals surface area contributed by atoms with Crippen LogP contribution >= 0.6 is 11.8 Å². The molecule has 0 aliphatic heterocycles. The third-order valence-corrected chi connectivity index (χ3v) is 4.43. The molecule has 3 rings (SSSR count). The second-order valence-electron chi connectivity index (χ2n) is 5.23. The standard InChI is InChI=1S/C18H15N3O3S/c22-16-10-15(13-4-2-1-3-5-13)19-18(20-16)25-11-12-6-8-14(9-7-12)17(23)21-24/h1-10,24H,11H2,(H,21,23)(H,19,20,22). The number of nitrogens with zero attached hydrogens (tertiary/aromatic N) is 1. The minimum Gasteiger partial charge on any atom is -0.301 e. The van der Waals surface area contributed by atoms with Crippen LogP contribution in [-0.2, 0) is 5.75 Å². The first-order valence-corrected chi connectivity index (χ1v) is 8.47. The summed E-state index contributed by atoms with van der Waals surface area (Å²) in [4.78, 5) is 30.4. The highest BCUT2D eigenvalue weighted by atomic mass is 32.2. The number of aromatic amines is 1. The molecule has 126 valence electrons. The minimum atomic E-state index is -0.555. The van der Waals surface area contributed by atoms with Crippen molar-refractivity contribution in [1.29, 1.82) is 0 Å². The second-order valence-corrected chi connectivity index (χ2v) is 6.19. The van der Waals surface area contributed by atoms with Crippen molar-refractivity contribution in [3.05, 3.63) is 82.1 Å². The zero-order valence-corrected chi connectivity index (χ0v) is 13.9. The van der Waals surface area contributed by atoms with Gasteiger partial charge in [0.1, 0.15) is 0 Å². The van der Waals surface area contributed by atoms with Crippen molar-refractivity contribution in [2.75, 3.05) is 0 Å². The van der Waals surface area contributed by atoms with Crippen molar-refractivity contribution in [2.24, 2.45) is 0 Å². The molecule has 0 unspecified atom stereocenters. The molecule has 0 saturated heterocycles. The van der Waals surface area contributed by atoms with Gasteiger partial charge in [-0.15, -0.1) is 0 Å². The lowest BCUT2D eigenvalue weighted by atomic mass is 10.1. The predicted molar refractivity (Wildman–Crippen MR) is 95.5 cm³/mol. The Bertz CT molecular complexity index is 924. The number of H-pyrrole nitrogens is 1. The van der Waals surface area contributed by atoms with E-state index in [0.29, 0.717) is 22.2 Å². The van der Waals surface area contributed by atoms with Gasteiger partial charge in [-0.1, -0.05) is 54.2 Å². The fourth-order valence-electron chi connectivity index (χ4n) is 2.23. The molecule has 0 bridgehead atoms. The smallest absolute Gasteiger partial charge is 0.274 e. The Balaban J connectivity index is 1.74. The molecule has 0 atom stereocenters. The van der Waals surface area contributed by atoms with Gasteiger partial charge in [-0.2, -0.15) is 0 Å². The SMILES string of the molecule is O=C(NO)c1ccc(CSc2nc(-c3ccccc3)cc(=O)[nH]2)cc1. The lowest BCUT2D eigenvalue weighted by Gasteiger charge is -2.05. The maximum atomic E-state index is 11.9. The van der Waals surface area contributed by atoms with Crippen LogP contribution in [-0.4, -0.2) is 21.1 Å². The number of benzene rings is 2. The number of nitrogens with one attached hydrogen (secondary N) is 2. The Morgan fingerprint density at radius 3 is 2.52 bits per heavy atom. The normalized spacial score (nSPS) is 10.4. The van der Waals surface area contributed by atoms with Gasteiger partial charge in [-0.25, -0.2) is 10.5 Å². The van der Waals surface area contributed by atoms with Crippen LogP contribution in [0.1, 0.15) is 15.9 Å². The van der Waals surface area contributed by atoms with E-state index in [2.05, 4.69) is 9.97 Å². The molecule has 1 amide bonds. The van der Waals surface area contributed by atoms with E-state index in [4.69, 9.17) is 5.21 Å². The van der Waals surface area contributed by atoms with E-state index in [0.717, 1.165) is 11.1 Å². The lowest BCUT2D eigenvalue weighted by molar-refractivity contribution is 0.0706. The number of hydrogen-bond donors (Lipinski definition) is 3. The molecule has 7 heteroatoms. The average Bonchev–Trinajstić information content (AvgIpc) is 2.66. The van der Waals surface area contributed by atoms with Crippen molar-refractivity contribution in [3.63, 3.8) is 0 Å². The molecule has 3 aromatic rings. The molecule has 25 heavy (non-hydrogen) atoms. The number of aromatic nitrogens is 2. The van der Waals surface area contributed by atoms with E-state index in [-0.39, 0.29) is 5.56 Å². The van der Waals surface area contributed by atoms with Gasteiger partial charge in [0.15, 0.2) is 5.16 Å². The van der Waals surface area contributed by atoms with Crippen LogP contribution in [0.2, 0.25) is 0 Å². The summed E-state index contributed by atoms with van der Waals surface area (Å²) in [6, 6.07) is 17.8. The number of hydrogen-bond acceptors (Lipinski definition) is 5. The van der Waals surface area contributed by atoms with Gasteiger partial charge in [-0.3, -0.25) is 14.8 Å². The van der Waals surface area contributed by atoms with Crippen molar-refractivity contribution in [2.45, 2.75) is 10.9 Å². The minimum absolute atomic E-state index is 0.202. The summed E-state index contributed by atoms with van der Waals surface area (Å²) in [6.45, 7) is 0. The van der Waals surface area contributed by atoms with Crippen molar-refractivity contribution in [1.82, 2.24) is 15.4 Å². The van der Waals surface area contributed by atoms with Gasteiger partial charge in [0, 0.05) is 22.9 Å². The molecule has 0 radical (unpaired) electrons. The highest BCUT2D eigenvalue weighted by molar-refractivity contribution is 7.98. The van der Waals surface area contributed by atoms with E-state index in [1.165, 1.54) is 17.8 Å². The van der Waals surface area contributed by atoms with E-state index in [1.54, 1.807) is 29.7 Å². The summed E-state index contributed by atoms with van der Waals surface area (Å²) < 4.78 is 0. The van der Waals surface area contributed by atoms with Crippen molar-refractivity contribution >= 4 is 17.7 Å². The molecule has 6 nitrogen and oxygen atoms in total. The summed E-state index contributed by atoms with van der Waals surface area (Å²) in [7, 11) is 0. The molecule has 0 spiro atoms. The summed E-state index contributed by atoms with van der Waals surface area (Å²) in [6.07, 6.45) is 0. The summed E-state index contributed by atoms with van der Waals surface area (Å²) in [5, 5.41) is 9.14. The van der Waals surface area contributed by atoms with Crippen LogP contribution in [0.4, 0.5) is 0 Å². The Kier molecular flexibility index (Phi) is 5.27. The van der Waals surface area contributed by atoms with Crippen LogP contribution in [0.25, 0.3) is 11.3 Å². The highest BCUT2D eigenvalue weighted by Crippen LogP contribution is 2.21. The summed E-state index contributed by atoms with van der Waals surface area (Å²) in [5.74, 6) is 0.0307. The molecular weight excluding hydrogens is 338 g/mol. The molecule has 1 aromatic heterocycles. The first kappa shape index (κ1) is 16.9. The Morgan fingerprint density at radius 1 is 1.12 bits per heavy atom. The predicted octanol–water partition coefficient (Wildman–Crippen LogP) is 2.85. The monoisotopic (exact) mass is 353 g/mol. The Labute approximate surface area is 147 Å². The molecule has 2 aromatic carbocycles. The molecule has 0 fully saturated rings. The number of amides is 1. The maximum Gasteiger partial charge on any atom is 0.274 e. The fourth-order valence-corrected chi connectivity index (χ4v) is 3.06. The largest absolute Gasteiger partial charge is 0.301 e. The van der Waals surface area contributed by atoms with Gasteiger partial charge >= 0.3 is 0 Å². The van der Waals surface area contributed by atoms with E-state index in [1.807, 2.05) is 30.3 Å². The topological polar surface area (TPSA) is 95.1 Å². The summed E-state index contributed by atoms with van der Waals surface area (Å²) >= 11 is 1.40. The second kappa shape index (κ2) is 7.78. The Morgan fingerprint density at radius 2 is 1.84 bits per heavy atom. The van der Waals surface area contributed by atoms with Crippen LogP contribution < -0.4 is 11.0 Å². The van der Waals surface area contributed by atoms with Crippen LogP contribution in [0, 0.1) is 0 Å². The van der Waals surface area contributed by atoms with Crippen LogP contribution in [0.15, 0.2) is 70.6 Å². The molecule has 0 saturated carbocycles. The van der Waals surface area contributed by atoms with Gasteiger partial charge in [0.2, 0.25) is 0 Å². The average molecular weight is 353 g/mol. The number of rotatable bonds is 5. The van der Waals surface area contributed by atoms with Crippen LogP contribution in [0.5, 0.6) is 0 Å². The maximum absolute atomic E-state index is 11.9. The highest BCUT2D eigenvalue weighted by Gasteiger charge is 2.06. The number of hydroxylamine groups is 1. The number of thioether (sulfide) groups is 1. The van der Waals surface area contributed by atoms with Gasteiger partial charge in [0.25, 0.3) is 11.5 Å². The van der Waals surface area contributed by atoms with Crippen molar-refractivity contribution < 1.29 is 10.0 Å². The van der Waals surface area contributed by atoms with Crippen molar-refractivity contribution in [3.8, 4) is 11.3 Å². The van der Waals surface area contributed by atoms with Gasteiger partial charge < -0.3 is 4.98 Å². The molecule has 1 heterocycles. The third kappa shape index (κ3) is 4.34. The molecule has 3 N–H and O–H groups in total. The van der Waals surface area contributed by atoms with E-state index < -0.39 is 5.91 Å². The first-order valence-electron chi connectivity index (χ1n) is 7.48. The first-order chi connectivity index (χ1) is 12.2. The number of carbonyl (C=O) groups excluding carboxylic acids is 1. The lowest BCUT2D eigenvalue weighted by Crippen LogP contribution is -2.18. The molecular formula is C18H15N3O3S. The molecule has 0 aliphatic carbocycles. The van der Waals surface area contributed by atoms with Crippen LogP contribution in [0.3, 0.4) is 0 Å². The van der Waals surface area contributed by atoms with E-state index in [9.17, 15) is 9.59 Å². The quantitative estimate of drug-likeness (QED) is 0.284. The van der Waals surface area contributed by atoms with Gasteiger partial charge in [0.05, 0.1) is 5.69 Å². The molecule has 0 aliphatic rings.